The molecular weight excluding hydrogens is 192 g/mol. The molecule has 0 amide bonds. The van der Waals surface area contributed by atoms with Crippen LogP contribution in [0.15, 0.2) is 0 Å². The Morgan fingerprint density at radius 3 is 2.80 bits per heavy atom. The molecule has 2 heterocycles. The Kier molecular flexibility index (Phi) is 3.33. The Bertz CT molecular complexity index is 319. The molecule has 5 nitrogen and oxygen atoms in total. The van der Waals surface area contributed by atoms with Gasteiger partial charge in [-0.15, -0.1) is 10.2 Å². The standard InChI is InChI=1S/C10H18N4O/c1-8-12-13-10(4-2-3-5-15)14(8)9-6-11-7-9/h9,11,15H,2-7H2,1H3. The van der Waals surface area contributed by atoms with Gasteiger partial charge in [-0.05, 0) is 19.8 Å². The van der Waals surface area contributed by atoms with Crippen molar-refractivity contribution < 1.29 is 5.11 Å². The molecular formula is C10H18N4O. The van der Waals surface area contributed by atoms with Crippen molar-refractivity contribution in [2.24, 2.45) is 0 Å². The fourth-order valence-corrected chi connectivity index (χ4v) is 1.91. The maximum Gasteiger partial charge on any atom is 0.133 e. The van der Waals surface area contributed by atoms with Gasteiger partial charge < -0.3 is 15.0 Å². The molecule has 1 aliphatic heterocycles. The lowest BCUT2D eigenvalue weighted by Crippen LogP contribution is -2.44. The zero-order valence-corrected chi connectivity index (χ0v) is 9.11. The molecule has 0 aromatic carbocycles. The van der Waals surface area contributed by atoms with Crippen molar-refractivity contribution in [2.75, 3.05) is 19.7 Å². The first-order chi connectivity index (χ1) is 7.33. The molecule has 0 aliphatic carbocycles. The topological polar surface area (TPSA) is 63.0 Å². The highest BCUT2D eigenvalue weighted by atomic mass is 16.2. The fourth-order valence-electron chi connectivity index (χ4n) is 1.91. The van der Waals surface area contributed by atoms with Crippen LogP contribution in [0.25, 0.3) is 0 Å². The monoisotopic (exact) mass is 210 g/mol. The lowest BCUT2D eigenvalue weighted by Gasteiger charge is -2.30. The van der Waals surface area contributed by atoms with Gasteiger partial charge in [0.1, 0.15) is 11.6 Å². The second kappa shape index (κ2) is 4.72. The molecule has 5 heteroatoms. The minimum atomic E-state index is 0.262. The summed E-state index contributed by atoms with van der Waals surface area (Å²) < 4.78 is 2.23. The molecule has 1 fully saturated rings. The van der Waals surface area contributed by atoms with Gasteiger partial charge in [-0.2, -0.15) is 0 Å². The average molecular weight is 210 g/mol. The van der Waals surface area contributed by atoms with Crippen LogP contribution in [0, 0.1) is 6.92 Å². The highest BCUT2D eigenvalue weighted by molar-refractivity contribution is 5.01. The molecule has 0 spiro atoms. The number of hydrogen-bond acceptors (Lipinski definition) is 4. The van der Waals surface area contributed by atoms with E-state index in [-0.39, 0.29) is 6.61 Å². The smallest absolute Gasteiger partial charge is 0.133 e. The first-order valence-electron chi connectivity index (χ1n) is 5.55. The van der Waals surface area contributed by atoms with Gasteiger partial charge in [0, 0.05) is 26.1 Å². The van der Waals surface area contributed by atoms with Gasteiger partial charge in [-0.1, -0.05) is 0 Å². The van der Waals surface area contributed by atoms with Crippen LogP contribution in [0.2, 0.25) is 0 Å². The second-order valence-electron chi connectivity index (χ2n) is 4.03. The van der Waals surface area contributed by atoms with Crippen LogP contribution < -0.4 is 5.32 Å². The van der Waals surface area contributed by atoms with Crippen molar-refractivity contribution in [3.63, 3.8) is 0 Å². The number of nitrogens with zero attached hydrogens (tertiary/aromatic N) is 3. The number of aromatic nitrogens is 3. The third-order valence-corrected chi connectivity index (χ3v) is 2.87. The number of aliphatic hydroxyl groups is 1. The summed E-state index contributed by atoms with van der Waals surface area (Å²) >= 11 is 0. The molecule has 0 radical (unpaired) electrons. The lowest BCUT2D eigenvalue weighted by atomic mass is 10.1. The van der Waals surface area contributed by atoms with Crippen molar-refractivity contribution in [3.8, 4) is 0 Å². The second-order valence-corrected chi connectivity index (χ2v) is 4.03. The molecule has 0 bridgehead atoms. The number of hydrogen-bond donors (Lipinski definition) is 2. The predicted molar refractivity (Wildman–Crippen MR) is 56.7 cm³/mol. The number of unbranched alkanes of at least 4 members (excludes halogenated alkanes) is 1. The molecule has 15 heavy (non-hydrogen) atoms. The lowest BCUT2D eigenvalue weighted by molar-refractivity contribution is 0.282. The van der Waals surface area contributed by atoms with E-state index in [0.29, 0.717) is 6.04 Å². The van der Waals surface area contributed by atoms with Gasteiger partial charge >= 0.3 is 0 Å². The van der Waals surface area contributed by atoms with E-state index in [0.717, 1.165) is 44.0 Å². The van der Waals surface area contributed by atoms with E-state index in [2.05, 4.69) is 20.1 Å². The third kappa shape index (κ3) is 2.18. The summed E-state index contributed by atoms with van der Waals surface area (Å²) in [6, 6.07) is 0.532. The molecule has 0 saturated carbocycles. The largest absolute Gasteiger partial charge is 0.396 e. The third-order valence-electron chi connectivity index (χ3n) is 2.87. The highest BCUT2D eigenvalue weighted by Gasteiger charge is 2.23. The van der Waals surface area contributed by atoms with Crippen molar-refractivity contribution in [1.29, 1.82) is 0 Å². The fraction of sp³-hybridized carbons (Fsp3) is 0.800. The Morgan fingerprint density at radius 2 is 2.20 bits per heavy atom. The van der Waals surface area contributed by atoms with E-state index in [9.17, 15) is 0 Å². The summed E-state index contributed by atoms with van der Waals surface area (Å²) in [6.45, 7) is 4.30. The summed E-state index contributed by atoms with van der Waals surface area (Å²) in [5.41, 5.74) is 0. The molecule has 84 valence electrons. The highest BCUT2D eigenvalue weighted by Crippen LogP contribution is 2.17. The molecule has 1 saturated heterocycles. The van der Waals surface area contributed by atoms with Crippen LogP contribution in [-0.2, 0) is 6.42 Å². The van der Waals surface area contributed by atoms with Gasteiger partial charge in [0.15, 0.2) is 0 Å². The van der Waals surface area contributed by atoms with E-state index in [1.54, 1.807) is 0 Å². The summed E-state index contributed by atoms with van der Waals surface area (Å²) in [5.74, 6) is 2.06. The molecule has 2 N–H and O–H groups in total. The van der Waals surface area contributed by atoms with E-state index in [1.807, 2.05) is 6.92 Å². The zero-order valence-electron chi connectivity index (χ0n) is 9.11. The van der Waals surface area contributed by atoms with Crippen molar-refractivity contribution in [2.45, 2.75) is 32.2 Å². The minimum Gasteiger partial charge on any atom is -0.396 e. The average Bonchev–Trinajstić information content (AvgIpc) is 2.48. The number of nitrogens with one attached hydrogen (secondary N) is 1. The molecule has 1 aliphatic rings. The van der Waals surface area contributed by atoms with E-state index in [1.165, 1.54) is 0 Å². The van der Waals surface area contributed by atoms with Crippen molar-refractivity contribution in [1.82, 2.24) is 20.1 Å². The number of rotatable bonds is 5. The quantitative estimate of drug-likeness (QED) is 0.674. The van der Waals surface area contributed by atoms with E-state index in [4.69, 9.17) is 5.11 Å². The van der Waals surface area contributed by atoms with Crippen LogP contribution >= 0.6 is 0 Å². The minimum absolute atomic E-state index is 0.262. The van der Waals surface area contributed by atoms with E-state index < -0.39 is 0 Å². The zero-order chi connectivity index (χ0) is 10.7. The van der Waals surface area contributed by atoms with Crippen LogP contribution in [0.4, 0.5) is 0 Å². The maximum atomic E-state index is 8.73. The SMILES string of the molecule is Cc1nnc(CCCCO)n1C1CNC1. The van der Waals surface area contributed by atoms with Crippen LogP contribution in [0.5, 0.6) is 0 Å². The van der Waals surface area contributed by atoms with Crippen LogP contribution in [-0.4, -0.2) is 39.6 Å². The Hall–Kier alpha value is -0.940. The Labute approximate surface area is 89.5 Å². The maximum absolute atomic E-state index is 8.73. The molecule has 1 aromatic heterocycles. The summed E-state index contributed by atoms with van der Waals surface area (Å²) in [5, 5.41) is 20.3. The summed E-state index contributed by atoms with van der Waals surface area (Å²) in [7, 11) is 0. The molecule has 2 rings (SSSR count). The van der Waals surface area contributed by atoms with Crippen molar-refractivity contribution >= 4 is 0 Å². The summed E-state index contributed by atoms with van der Waals surface area (Å²) in [4.78, 5) is 0. The van der Waals surface area contributed by atoms with Crippen molar-refractivity contribution in [3.05, 3.63) is 11.6 Å². The molecule has 0 unspecified atom stereocenters. The first-order valence-corrected chi connectivity index (χ1v) is 5.55. The van der Waals surface area contributed by atoms with E-state index >= 15 is 0 Å². The van der Waals surface area contributed by atoms with Gasteiger partial charge in [0.2, 0.25) is 0 Å². The number of aliphatic hydroxyl groups excluding tert-OH is 1. The Morgan fingerprint density at radius 1 is 1.40 bits per heavy atom. The Balaban J connectivity index is 2.02. The number of aryl methyl sites for hydroxylation is 2. The van der Waals surface area contributed by atoms with Gasteiger partial charge in [0.25, 0.3) is 0 Å². The van der Waals surface area contributed by atoms with Gasteiger partial charge in [-0.25, -0.2) is 0 Å². The normalized spacial score (nSPS) is 16.7. The summed E-state index contributed by atoms with van der Waals surface area (Å²) in [6.07, 6.45) is 2.74. The van der Waals surface area contributed by atoms with Crippen LogP contribution in [0.3, 0.4) is 0 Å². The van der Waals surface area contributed by atoms with Crippen LogP contribution in [0.1, 0.15) is 30.5 Å². The van der Waals surface area contributed by atoms with Gasteiger partial charge in [-0.3, -0.25) is 0 Å². The van der Waals surface area contributed by atoms with Gasteiger partial charge in [0.05, 0.1) is 6.04 Å². The molecule has 1 aromatic rings. The molecule has 0 atom stereocenters. The predicted octanol–water partition coefficient (Wildman–Crippen LogP) is 0.0458. The first kappa shape index (κ1) is 10.6.